The van der Waals surface area contributed by atoms with Crippen molar-refractivity contribution in [3.63, 3.8) is 0 Å². The number of carbonyl (C=O) groups is 1. The molecule has 0 aromatic heterocycles. The summed E-state index contributed by atoms with van der Waals surface area (Å²) < 4.78 is 45.4. The van der Waals surface area contributed by atoms with E-state index in [1.165, 1.54) is 30.2 Å². The molecule has 1 heterocycles. The Kier molecular flexibility index (Phi) is 3.55. The summed E-state index contributed by atoms with van der Waals surface area (Å²) in [6, 6.07) is 5.18. The number of nitrogens with zero attached hydrogens (tertiary/aromatic N) is 1. The van der Waals surface area contributed by atoms with E-state index in [9.17, 15) is 18.0 Å². The summed E-state index contributed by atoms with van der Waals surface area (Å²) in [5, 5.41) is 0. The number of hydrogen-bond donors (Lipinski definition) is 0. The third kappa shape index (κ3) is 2.91. The summed E-state index contributed by atoms with van der Waals surface area (Å²) in [5.41, 5.74) is 0.237. The highest BCUT2D eigenvalue weighted by Gasteiger charge is 2.38. The zero-order valence-corrected chi connectivity index (χ0v) is 10.1. The molecule has 0 saturated carbocycles. The molecule has 7 heteroatoms. The molecule has 104 valence electrons. The van der Waals surface area contributed by atoms with Crippen LogP contribution in [0.25, 0.3) is 0 Å². The molecule has 1 aliphatic rings. The number of halogens is 3. The lowest BCUT2D eigenvalue weighted by atomic mass is 10.0. The van der Waals surface area contributed by atoms with Crippen molar-refractivity contribution in [2.45, 2.75) is 18.8 Å². The molecule has 0 radical (unpaired) electrons. The second-order valence-corrected chi connectivity index (χ2v) is 4.04. The molecule has 1 fully saturated rings. The number of methoxy groups -OCH3 is 1. The molecule has 4 nitrogen and oxygen atoms in total. The number of alkyl halides is 3. The first-order valence-electron chi connectivity index (χ1n) is 5.61. The molecule has 1 aliphatic heterocycles. The Morgan fingerprint density at radius 2 is 2.05 bits per heavy atom. The number of anilines is 1. The first-order valence-corrected chi connectivity index (χ1v) is 5.61. The van der Waals surface area contributed by atoms with Gasteiger partial charge in [-0.2, -0.15) is 0 Å². The Morgan fingerprint density at radius 3 is 2.58 bits per heavy atom. The minimum Gasteiger partial charge on any atom is -0.467 e. The molecule has 0 spiro atoms. The molecular formula is C12H12F3NO3. The maximum absolute atomic E-state index is 12.3. The zero-order chi connectivity index (χ0) is 14.0. The first kappa shape index (κ1) is 13.5. The highest BCUT2D eigenvalue weighted by molar-refractivity contribution is 5.83. The van der Waals surface area contributed by atoms with Crippen molar-refractivity contribution >= 4 is 11.7 Å². The standard InChI is InChI=1S/C12H12F3NO3/c1-18-11(17)9-6-7-16(9)8-4-2-3-5-10(8)19-12(13,14)15/h2-5,9H,6-7H2,1H3. The van der Waals surface area contributed by atoms with E-state index in [2.05, 4.69) is 9.47 Å². The molecule has 0 bridgehead atoms. The largest absolute Gasteiger partial charge is 0.573 e. The lowest BCUT2D eigenvalue weighted by Crippen LogP contribution is -2.53. The first-order chi connectivity index (χ1) is 8.92. The third-order valence-corrected chi connectivity index (χ3v) is 2.89. The number of hydrogen-bond acceptors (Lipinski definition) is 4. The van der Waals surface area contributed by atoms with E-state index >= 15 is 0 Å². The van der Waals surface area contributed by atoms with Crippen LogP contribution in [0.3, 0.4) is 0 Å². The Bertz CT molecular complexity index is 476. The van der Waals surface area contributed by atoms with Gasteiger partial charge in [-0.3, -0.25) is 0 Å². The van der Waals surface area contributed by atoms with Gasteiger partial charge in [0.1, 0.15) is 6.04 Å². The monoisotopic (exact) mass is 275 g/mol. The number of benzene rings is 1. The van der Waals surface area contributed by atoms with Crippen LogP contribution in [0.5, 0.6) is 5.75 Å². The molecule has 1 atom stereocenters. The molecule has 0 N–H and O–H groups in total. The van der Waals surface area contributed by atoms with Crippen LogP contribution in [0.1, 0.15) is 6.42 Å². The summed E-state index contributed by atoms with van der Waals surface area (Å²) in [7, 11) is 1.25. The Balaban J connectivity index is 2.23. The van der Waals surface area contributed by atoms with E-state index in [1.54, 1.807) is 6.07 Å². The molecular weight excluding hydrogens is 263 g/mol. The number of para-hydroxylation sites is 2. The van der Waals surface area contributed by atoms with Crippen molar-refractivity contribution in [2.24, 2.45) is 0 Å². The highest BCUT2D eigenvalue weighted by atomic mass is 19.4. The van der Waals surface area contributed by atoms with Crippen LogP contribution in [0.2, 0.25) is 0 Å². The fourth-order valence-electron chi connectivity index (χ4n) is 1.96. The fourth-order valence-corrected chi connectivity index (χ4v) is 1.96. The van der Waals surface area contributed by atoms with Crippen molar-refractivity contribution in [1.82, 2.24) is 0 Å². The van der Waals surface area contributed by atoms with Crippen LogP contribution in [0.4, 0.5) is 18.9 Å². The molecule has 1 aromatic rings. The SMILES string of the molecule is COC(=O)C1CCN1c1ccccc1OC(F)(F)F. The van der Waals surface area contributed by atoms with Gasteiger partial charge < -0.3 is 14.4 Å². The Morgan fingerprint density at radius 1 is 1.37 bits per heavy atom. The summed E-state index contributed by atoms with van der Waals surface area (Å²) in [5.74, 6) is -0.781. The number of carbonyl (C=O) groups excluding carboxylic acids is 1. The predicted molar refractivity (Wildman–Crippen MR) is 60.9 cm³/mol. The fraction of sp³-hybridized carbons (Fsp3) is 0.417. The summed E-state index contributed by atoms with van der Waals surface area (Å²) in [6.45, 7) is 0.484. The Hall–Kier alpha value is -1.92. The second-order valence-electron chi connectivity index (χ2n) is 4.04. The van der Waals surface area contributed by atoms with E-state index in [0.29, 0.717) is 13.0 Å². The normalized spacial score (nSPS) is 18.7. The molecule has 1 unspecified atom stereocenters. The molecule has 0 aliphatic carbocycles. The van der Waals surface area contributed by atoms with Crippen LogP contribution < -0.4 is 9.64 Å². The number of rotatable bonds is 3. The highest BCUT2D eigenvalue weighted by Crippen LogP contribution is 2.37. The van der Waals surface area contributed by atoms with Gasteiger partial charge in [0.05, 0.1) is 12.8 Å². The van der Waals surface area contributed by atoms with Gasteiger partial charge in [-0.05, 0) is 18.6 Å². The van der Waals surface area contributed by atoms with Crippen LogP contribution >= 0.6 is 0 Å². The van der Waals surface area contributed by atoms with Gasteiger partial charge in [0.2, 0.25) is 0 Å². The summed E-state index contributed by atoms with van der Waals surface area (Å²) >= 11 is 0. The zero-order valence-electron chi connectivity index (χ0n) is 10.1. The third-order valence-electron chi connectivity index (χ3n) is 2.89. The Labute approximate surface area is 107 Å². The molecule has 2 rings (SSSR count). The lowest BCUT2D eigenvalue weighted by Gasteiger charge is -2.41. The molecule has 19 heavy (non-hydrogen) atoms. The van der Waals surface area contributed by atoms with Crippen LogP contribution in [-0.4, -0.2) is 32.0 Å². The van der Waals surface area contributed by atoms with E-state index in [1.807, 2.05) is 0 Å². The van der Waals surface area contributed by atoms with Gasteiger partial charge in [0.25, 0.3) is 0 Å². The second kappa shape index (κ2) is 4.99. The minimum atomic E-state index is -4.76. The average molecular weight is 275 g/mol. The maximum Gasteiger partial charge on any atom is 0.573 e. The maximum atomic E-state index is 12.3. The van der Waals surface area contributed by atoms with Crippen molar-refractivity contribution < 1.29 is 27.4 Å². The molecule has 1 aromatic carbocycles. The van der Waals surface area contributed by atoms with Crippen LogP contribution in [0, 0.1) is 0 Å². The predicted octanol–water partition coefficient (Wildman–Crippen LogP) is 2.34. The quantitative estimate of drug-likeness (QED) is 0.794. The van der Waals surface area contributed by atoms with Gasteiger partial charge >= 0.3 is 12.3 Å². The van der Waals surface area contributed by atoms with E-state index < -0.39 is 18.4 Å². The lowest BCUT2D eigenvalue weighted by molar-refractivity contribution is -0.274. The van der Waals surface area contributed by atoms with Crippen molar-refractivity contribution in [3.05, 3.63) is 24.3 Å². The van der Waals surface area contributed by atoms with Crippen LogP contribution in [-0.2, 0) is 9.53 Å². The van der Waals surface area contributed by atoms with Crippen molar-refractivity contribution in [2.75, 3.05) is 18.6 Å². The van der Waals surface area contributed by atoms with Crippen molar-refractivity contribution in [3.8, 4) is 5.75 Å². The van der Waals surface area contributed by atoms with Crippen molar-refractivity contribution in [1.29, 1.82) is 0 Å². The molecule has 1 saturated heterocycles. The number of esters is 1. The van der Waals surface area contributed by atoms with Gasteiger partial charge in [-0.25, -0.2) is 4.79 Å². The van der Waals surface area contributed by atoms with E-state index in [4.69, 9.17) is 0 Å². The van der Waals surface area contributed by atoms with E-state index in [0.717, 1.165) is 0 Å². The van der Waals surface area contributed by atoms with E-state index in [-0.39, 0.29) is 11.4 Å². The van der Waals surface area contributed by atoms with Gasteiger partial charge in [-0.15, -0.1) is 13.2 Å². The summed E-state index contributed by atoms with van der Waals surface area (Å²) in [6.07, 6.45) is -4.21. The smallest absolute Gasteiger partial charge is 0.467 e. The van der Waals surface area contributed by atoms with Gasteiger partial charge in [-0.1, -0.05) is 12.1 Å². The summed E-state index contributed by atoms with van der Waals surface area (Å²) in [4.78, 5) is 13.0. The average Bonchev–Trinajstić information content (AvgIpc) is 2.28. The van der Waals surface area contributed by atoms with Gasteiger partial charge in [0.15, 0.2) is 5.75 Å². The minimum absolute atomic E-state index is 0.237. The van der Waals surface area contributed by atoms with Gasteiger partial charge in [0, 0.05) is 6.54 Å². The molecule has 0 amide bonds. The topological polar surface area (TPSA) is 38.8 Å². The van der Waals surface area contributed by atoms with Crippen LogP contribution in [0.15, 0.2) is 24.3 Å². The number of ether oxygens (including phenoxy) is 2.